The van der Waals surface area contributed by atoms with E-state index in [0.717, 1.165) is 58.2 Å². The van der Waals surface area contributed by atoms with Crippen molar-refractivity contribution < 1.29 is 14.3 Å². The van der Waals surface area contributed by atoms with E-state index < -0.39 is 5.60 Å². The van der Waals surface area contributed by atoms with Crippen LogP contribution < -0.4 is 4.74 Å². The van der Waals surface area contributed by atoms with Gasteiger partial charge in [-0.1, -0.05) is 40.9 Å². The second kappa shape index (κ2) is 11.7. The van der Waals surface area contributed by atoms with Crippen molar-refractivity contribution in [3.63, 3.8) is 0 Å². The van der Waals surface area contributed by atoms with Crippen LogP contribution in [0.25, 0.3) is 33.2 Å². The van der Waals surface area contributed by atoms with Crippen LogP contribution >= 0.6 is 11.6 Å². The number of halogens is 1. The van der Waals surface area contributed by atoms with E-state index in [1.807, 2.05) is 57.4 Å². The molecule has 0 bridgehead atoms. The Morgan fingerprint density at radius 2 is 1.78 bits per heavy atom. The number of carbonyl (C=O) groups is 1. The molecule has 1 aliphatic rings. The van der Waals surface area contributed by atoms with Crippen LogP contribution in [0.5, 0.6) is 5.75 Å². The van der Waals surface area contributed by atoms with Gasteiger partial charge >= 0.3 is 6.09 Å². The van der Waals surface area contributed by atoms with Crippen molar-refractivity contribution in [3.05, 3.63) is 65.1 Å². The molecule has 41 heavy (non-hydrogen) atoms. The van der Waals surface area contributed by atoms with E-state index in [4.69, 9.17) is 26.1 Å². The number of carbonyl (C=O) groups excluding carboxylic acids is 1. The number of aryl methyl sites for hydroxylation is 3. The highest BCUT2D eigenvalue weighted by atomic mass is 35.5. The molecule has 1 saturated heterocycles. The van der Waals surface area contributed by atoms with Crippen LogP contribution in [-0.2, 0) is 11.8 Å². The largest absolute Gasteiger partial charge is 0.492 e. The number of benzene rings is 2. The van der Waals surface area contributed by atoms with E-state index in [9.17, 15) is 4.79 Å². The number of nitrogens with zero attached hydrogens (tertiary/aromatic N) is 4. The van der Waals surface area contributed by atoms with Crippen molar-refractivity contribution >= 4 is 28.6 Å². The maximum atomic E-state index is 13.0. The molecule has 8 heteroatoms. The number of amides is 1. The highest BCUT2D eigenvalue weighted by molar-refractivity contribution is 6.34. The Morgan fingerprint density at radius 3 is 2.46 bits per heavy atom. The average molecular weight is 575 g/mol. The Morgan fingerprint density at radius 1 is 1.02 bits per heavy atom. The summed E-state index contributed by atoms with van der Waals surface area (Å²) in [5, 5.41) is 5.83. The molecule has 5 rings (SSSR count). The first-order chi connectivity index (χ1) is 19.5. The van der Waals surface area contributed by atoms with Crippen molar-refractivity contribution in [2.45, 2.75) is 71.9 Å². The highest BCUT2D eigenvalue weighted by Gasteiger charge is 2.30. The van der Waals surface area contributed by atoms with Crippen LogP contribution in [0.15, 0.2) is 48.9 Å². The summed E-state index contributed by atoms with van der Waals surface area (Å²) in [5.74, 6) is 0.765. The normalized spacial score (nSPS) is 15.8. The number of pyridine rings is 1. The molecule has 216 valence electrons. The number of piperidine rings is 1. The SMILES string of the molecule is Cc1cc(C)cc(-c2cnc3cc(Cl)c(-c4cnn(C)c4)cc3c2OCC[C@H]2CCCCN2C(=O)OC(C)(C)C)c1. The third-order valence-corrected chi connectivity index (χ3v) is 7.72. The fourth-order valence-electron chi connectivity index (χ4n) is 5.62. The summed E-state index contributed by atoms with van der Waals surface area (Å²) in [5.41, 5.74) is 6.37. The molecule has 4 aromatic rings. The number of rotatable bonds is 6. The number of hydrogen-bond donors (Lipinski definition) is 0. The molecule has 0 unspecified atom stereocenters. The molecule has 0 saturated carbocycles. The molecular weight excluding hydrogens is 536 g/mol. The van der Waals surface area contributed by atoms with Crippen molar-refractivity contribution in [1.82, 2.24) is 19.7 Å². The van der Waals surface area contributed by atoms with Crippen LogP contribution in [0.4, 0.5) is 4.79 Å². The summed E-state index contributed by atoms with van der Waals surface area (Å²) in [7, 11) is 1.89. The average Bonchev–Trinajstić information content (AvgIpc) is 3.33. The van der Waals surface area contributed by atoms with Crippen molar-refractivity contribution in [3.8, 4) is 28.0 Å². The first kappa shape index (κ1) is 28.9. The first-order valence-electron chi connectivity index (χ1n) is 14.3. The fourth-order valence-corrected chi connectivity index (χ4v) is 5.89. The third-order valence-electron chi connectivity index (χ3n) is 7.41. The van der Waals surface area contributed by atoms with E-state index >= 15 is 0 Å². The van der Waals surface area contributed by atoms with Crippen LogP contribution in [0.1, 0.15) is 57.6 Å². The van der Waals surface area contributed by atoms with Crippen molar-refractivity contribution in [2.24, 2.45) is 7.05 Å². The zero-order chi connectivity index (χ0) is 29.3. The van der Waals surface area contributed by atoms with E-state index in [1.165, 1.54) is 11.1 Å². The monoisotopic (exact) mass is 574 g/mol. The molecular formula is C33H39ClN4O3. The summed E-state index contributed by atoms with van der Waals surface area (Å²) in [6, 6.07) is 10.5. The summed E-state index contributed by atoms with van der Waals surface area (Å²) >= 11 is 6.73. The summed E-state index contributed by atoms with van der Waals surface area (Å²) in [4.78, 5) is 19.6. The van der Waals surface area contributed by atoms with Gasteiger partial charge in [0.15, 0.2) is 0 Å². The number of hydrogen-bond acceptors (Lipinski definition) is 5. The molecule has 1 atom stereocenters. The van der Waals surface area contributed by atoms with Crippen molar-refractivity contribution in [1.29, 1.82) is 0 Å². The zero-order valence-corrected chi connectivity index (χ0v) is 25.6. The van der Waals surface area contributed by atoms with E-state index in [0.29, 0.717) is 24.6 Å². The Balaban J connectivity index is 1.51. The van der Waals surface area contributed by atoms with Crippen LogP contribution in [-0.4, -0.2) is 50.6 Å². The lowest BCUT2D eigenvalue weighted by Crippen LogP contribution is -2.46. The molecule has 1 aliphatic heterocycles. The minimum atomic E-state index is -0.528. The van der Waals surface area contributed by atoms with Gasteiger partial charge in [-0.05, 0) is 71.6 Å². The topological polar surface area (TPSA) is 69.5 Å². The Kier molecular flexibility index (Phi) is 8.28. The smallest absolute Gasteiger partial charge is 0.410 e. The van der Waals surface area contributed by atoms with Gasteiger partial charge in [-0.3, -0.25) is 9.67 Å². The molecule has 1 amide bonds. The Labute approximate surface area is 247 Å². The summed E-state index contributed by atoms with van der Waals surface area (Å²) in [6.07, 6.45) is 9.10. The van der Waals surface area contributed by atoms with Crippen LogP contribution in [0.3, 0.4) is 0 Å². The summed E-state index contributed by atoms with van der Waals surface area (Å²) in [6.45, 7) is 11.1. The van der Waals surface area contributed by atoms with Gasteiger partial charge in [0.25, 0.3) is 0 Å². The van der Waals surface area contributed by atoms with Gasteiger partial charge in [0.1, 0.15) is 11.4 Å². The van der Waals surface area contributed by atoms with Gasteiger partial charge in [0.05, 0.1) is 23.3 Å². The van der Waals surface area contributed by atoms with Gasteiger partial charge in [-0.2, -0.15) is 5.10 Å². The fraction of sp³-hybridized carbons (Fsp3) is 0.424. The maximum Gasteiger partial charge on any atom is 0.410 e. The number of ether oxygens (including phenoxy) is 2. The number of aromatic nitrogens is 3. The third kappa shape index (κ3) is 6.67. The second-order valence-corrected chi connectivity index (χ2v) is 12.5. The molecule has 7 nitrogen and oxygen atoms in total. The molecule has 0 aliphatic carbocycles. The number of likely N-dealkylation sites (tertiary alicyclic amines) is 1. The van der Waals surface area contributed by atoms with Gasteiger partial charge < -0.3 is 14.4 Å². The first-order valence-corrected chi connectivity index (χ1v) is 14.7. The molecule has 1 fully saturated rings. The zero-order valence-electron chi connectivity index (χ0n) is 24.8. The molecule has 0 radical (unpaired) electrons. The van der Waals surface area contributed by atoms with E-state index in [2.05, 4.69) is 43.2 Å². The Hall–Kier alpha value is -3.58. The second-order valence-electron chi connectivity index (χ2n) is 12.1. The lowest BCUT2D eigenvalue weighted by molar-refractivity contribution is 0.00745. The predicted octanol–water partition coefficient (Wildman–Crippen LogP) is 8.13. The predicted molar refractivity (Wildman–Crippen MR) is 165 cm³/mol. The quantitative estimate of drug-likeness (QED) is 0.232. The van der Waals surface area contributed by atoms with Gasteiger partial charge in [0.2, 0.25) is 0 Å². The molecule has 0 N–H and O–H groups in total. The highest BCUT2D eigenvalue weighted by Crippen LogP contribution is 2.41. The van der Waals surface area contributed by atoms with Crippen LogP contribution in [0, 0.1) is 13.8 Å². The van der Waals surface area contributed by atoms with Gasteiger partial charge in [-0.25, -0.2) is 4.79 Å². The molecule has 2 aromatic heterocycles. The lowest BCUT2D eigenvalue weighted by Gasteiger charge is -2.36. The van der Waals surface area contributed by atoms with Crippen LogP contribution in [0.2, 0.25) is 5.02 Å². The van der Waals surface area contributed by atoms with E-state index in [-0.39, 0.29) is 12.1 Å². The van der Waals surface area contributed by atoms with Gasteiger partial charge in [-0.15, -0.1) is 0 Å². The molecule has 3 heterocycles. The lowest BCUT2D eigenvalue weighted by atomic mass is 9.98. The summed E-state index contributed by atoms with van der Waals surface area (Å²) < 4.78 is 14.1. The minimum Gasteiger partial charge on any atom is -0.492 e. The van der Waals surface area contributed by atoms with E-state index in [1.54, 1.807) is 4.68 Å². The van der Waals surface area contributed by atoms with Crippen molar-refractivity contribution in [2.75, 3.05) is 13.2 Å². The number of fused-ring (bicyclic) bond motifs is 1. The minimum absolute atomic E-state index is 0.0664. The maximum absolute atomic E-state index is 13.0. The van der Waals surface area contributed by atoms with Gasteiger partial charge in [0, 0.05) is 60.5 Å². The Bertz CT molecular complexity index is 1550. The molecule has 2 aromatic carbocycles. The standard InChI is InChI=1S/C33H39ClN4O3/c1-21-13-22(2)15-23(14-21)28-19-35-30-17-29(34)26(24-18-36-37(6)20-24)16-27(30)31(28)40-12-10-25-9-7-8-11-38(25)32(39)41-33(3,4)5/h13-20,25H,7-12H2,1-6H3/t25-/m1/s1. The molecule has 0 spiro atoms.